The molecular weight excluding hydrogens is 248 g/mol. The number of anilines is 2. The molecule has 0 aromatic heterocycles. The van der Waals surface area contributed by atoms with Gasteiger partial charge >= 0.3 is 0 Å². The van der Waals surface area contributed by atoms with Crippen LogP contribution in [0.25, 0.3) is 0 Å². The van der Waals surface area contributed by atoms with E-state index in [1.54, 1.807) is 0 Å². The first-order chi connectivity index (χ1) is 8.25. The summed E-state index contributed by atoms with van der Waals surface area (Å²) >= 11 is 0. The lowest BCUT2D eigenvalue weighted by molar-refractivity contribution is 0.514. The Bertz CT molecular complexity index is 564. The largest absolute Gasteiger partial charge is 0.381 e. The van der Waals surface area contributed by atoms with Crippen molar-refractivity contribution in [2.75, 3.05) is 22.4 Å². The average Bonchev–Trinajstić information content (AvgIpc) is 2.25. The highest BCUT2D eigenvalue weighted by atomic mass is 32.2. The van der Waals surface area contributed by atoms with Crippen LogP contribution in [0.4, 0.5) is 11.4 Å². The van der Waals surface area contributed by atoms with Gasteiger partial charge in [0.1, 0.15) is 0 Å². The SMILES string of the molecule is CCc1ccc2c(c1)NCC(C)(C)N2S(C)(=O)=O. The molecule has 1 aliphatic heterocycles. The van der Waals surface area contributed by atoms with Crippen LogP contribution < -0.4 is 9.62 Å². The fourth-order valence-electron chi connectivity index (χ4n) is 2.46. The van der Waals surface area contributed by atoms with Gasteiger partial charge in [-0.05, 0) is 38.0 Å². The van der Waals surface area contributed by atoms with Gasteiger partial charge in [-0.1, -0.05) is 13.0 Å². The highest BCUT2D eigenvalue weighted by Gasteiger charge is 2.38. The molecule has 1 heterocycles. The fraction of sp³-hybridized carbons (Fsp3) is 0.538. The molecule has 100 valence electrons. The predicted molar refractivity (Wildman–Crippen MR) is 75.7 cm³/mol. The Hall–Kier alpha value is -1.23. The standard InChI is InChI=1S/C13H20N2O2S/c1-5-10-6-7-12-11(8-10)14-9-13(2,3)15(12)18(4,16)17/h6-8,14H,5,9H2,1-4H3. The topological polar surface area (TPSA) is 49.4 Å². The van der Waals surface area contributed by atoms with E-state index in [2.05, 4.69) is 12.2 Å². The Labute approximate surface area is 109 Å². The molecule has 1 N–H and O–H groups in total. The number of benzene rings is 1. The van der Waals surface area contributed by atoms with Gasteiger partial charge in [-0.2, -0.15) is 0 Å². The van der Waals surface area contributed by atoms with Crippen molar-refractivity contribution < 1.29 is 8.42 Å². The van der Waals surface area contributed by atoms with Gasteiger partial charge in [0.05, 0.1) is 23.2 Å². The van der Waals surface area contributed by atoms with Gasteiger partial charge in [-0.15, -0.1) is 0 Å². The third kappa shape index (κ3) is 2.19. The minimum Gasteiger partial charge on any atom is -0.381 e. The smallest absolute Gasteiger partial charge is 0.232 e. The summed E-state index contributed by atoms with van der Waals surface area (Å²) in [4.78, 5) is 0. The second-order valence-corrected chi connectivity index (χ2v) is 7.23. The third-order valence-electron chi connectivity index (χ3n) is 3.28. The molecular formula is C13H20N2O2S. The average molecular weight is 268 g/mol. The molecule has 1 aliphatic rings. The van der Waals surface area contributed by atoms with Crippen molar-refractivity contribution in [3.05, 3.63) is 23.8 Å². The van der Waals surface area contributed by atoms with Crippen molar-refractivity contribution in [1.29, 1.82) is 0 Å². The van der Waals surface area contributed by atoms with Gasteiger partial charge in [0.15, 0.2) is 0 Å². The summed E-state index contributed by atoms with van der Waals surface area (Å²) < 4.78 is 25.6. The molecule has 18 heavy (non-hydrogen) atoms. The van der Waals surface area contributed by atoms with E-state index in [-0.39, 0.29) is 0 Å². The summed E-state index contributed by atoms with van der Waals surface area (Å²) in [6.45, 7) is 6.55. The van der Waals surface area contributed by atoms with Crippen LogP contribution in [-0.2, 0) is 16.4 Å². The number of hydrogen-bond donors (Lipinski definition) is 1. The number of aryl methyl sites for hydroxylation is 1. The first-order valence-corrected chi connectivity index (χ1v) is 7.98. The predicted octanol–water partition coefficient (Wildman–Crippen LogP) is 2.22. The van der Waals surface area contributed by atoms with Crippen LogP contribution in [0.3, 0.4) is 0 Å². The van der Waals surface area contributed by atoms with E-state index in [1.165, 1.54) is 16.1 Å². The summed E-state index contributed by atoms with van der Waals surface area (Å²) in [5.74, 6) is 0. The Morgan fingerprint density at radius 2 is 2.06 bits per heavy atom. The van der Waals surface area contributed by atoms with Crippen LogP contribution in [-0.4, -0.2) is 26.8 Å². The Morgan fingerprint density at radius 3 is 2.61 bits per heavy atom. The van der Waals surface area contributed by atoms with Crippen LogP contribution in [0.2, 0.25) is 0 Å². The molecule has 0 fully saturated rings. The molecule has 0 unspecified atom stereocenters. The van der Waals surface area contributed by atoms with Gasteiger partial charge in [0, 0.05) is 6.54 Å². The number of nitrogens with one attached hydrogen (secondary N) is 1. The van der Waals surface area contributed by atoms with Crippen LogP contribution in [0.5, 0.6) is 0 Å². The maximum absolute atomic E-state index is 12.0. The summed E-state index contributed by atoms with van der Waals surface area (Å²) in [5, 5.41) is 3.32. The second kappa shape index (κ2) is 4.16. The molecule has 4 nitrogen and oxygen atoms in total. The number of hydrogen-bond acceptors (Lipinski definition) is 3. The molecule has 0 radical (unpaired) electrons. The zero-order valence-electron chi connectivity index (χ0n) is 11.3. The van der Waals surface area contributed by atoms with Crippen molar-refractivity contribution in [2.24, 2.45) is 0 Å². The van der Waals surface area contributed by atoms with Crippen molar-refractivity contribution >= 4 is 21.4 Å². The number of fused-ring (bicyclic) bond motifs is 1. The molecule has 2 rings (SSSR count). The Kier molecular flexibility index (Phi) is 3.05. The van der Waals surface area contributed by atoms with E-state index in [0.29, 0.717) is 6.54 Å². The quantitative estimate of drug-likeness (QED) is 0.894. The summed E-state index contributed by atoms with van der Waals surface area (Å²) in [5.41, 5.74) is 2.40. The fourth-order valence-corrected chi connectivity index (χ4v) is 3.94. The lowest BCUT2D eigenvalue weighted by atomic mass is 10.00. The van der Waals surface area contributed by atoms with Crippen LogP contribution in [0.1, 0.15) is 26.3 Å². The van der Waals surface area contributed by atoms with Crippen LogP contribution in [0, 0.1) is 0 Å². The molecule has 0 saturated carbocycles. The molecule has 0 saturated heterocycles. The molecule has 0 amide bonds. The van der Waals surface area contributed by atoms with Gasteiger partial charge < -0.3 is 5.32 Å². The molecule has 0 bridgehead atoms. The van der Waals surface area contributed by atoms with Crippen molar-refractivity contribution in [2.45, 2.75) is 32.7 Å². The lowest BCUT2D eigenvalue weighted by Crippen LogP contribution is -2.54. The van der Waals surface area contributed by atoms with Crippen molar-refractivity contribution in [3.8, 4) is 0 Å². The molecule has 0 aliphatic carbocycles. The first kappa shape index (κ1) is 13.2. The number of nitrogens with zero attached hydrogens (tertiary/aromatic N) is 1. The van der Waals surface area contributed by atoms with Gasteiger partial charge in [0.25, 0.3) is 0 Å². The van der Waals surface area contributed by atoms with E-state index in [1.807, 2.05) is 32.0 Å². The minimum atomic E-state index is -3.27. The molecule has 1 aromatic rings. The molecule has 1 aromatic carbocycles. The second-order valence-electron chi connectivity index (χ2n) is 5.40. The lowest BCUT2D eigenvalue weighted by Gasteiger charge is -2.43. The molecule has 5 heteroatoms. The first-order valence-electron chi connectivity index (χ1n) is 6.13. The van der Waals surface area contributed by atoms with Gasteiger partial charge in [0.2, 0.25) is 10.0 Å². The van der Waals surface area contributed by atoms with Gasteiger partial charge in [-0.3, -0.25) is 4.31 Å². The number of sulfonamides is 1. The number of rotatable bonds is 2. The Balaban J connectivity index is 2.60. The third-order valence-corrected chi connectivity index (χ3v) is 4.64. The van der Waals surface area contributed by atoms with Crippen LogP contribution in [0.15, 0.2) is 18.2 Å². The van der Waals surface area contributed by atoms with E-state index in [4.69, 9.17) is 0 Å². The summed E-state index contributed by atoms with van der Waals surface area (Å²) in [6, 6.07) is 5.91. The molecule has 0 spiro atoms. The molecule has 0 atom stereocenters. The summed E-state index contributed by atoms with van der Waals surface area (Å²) in [7, 11) is -3.27. The minimum absolute atomic E-state index is 0.450. The monoisotopic (exact) mass is 268 g/mol. The highest BCUT2D eigenvalue weighted by Crippen LogP contribution is 2.38. The van der Waals surface area contributed by atoms with E-state index >= 15 is 0 Å². The summed E-state index contributed by atoms with van der Waals surface area (Å²) in [6.07, 6.45) is 2.20. The Morgan fingerprint density at radius 1 is 1.39 bits per heavy atom. The maximum atomic E-state index is 12.0. The van der Waals surface area contributed by atoms with Gasteiger partial charge in [-0.25, -0.2) is 8.42 Å². The zero-order valence-corrected chi connectivity index (χ0v) is 12.1. The maximum Gasteiger partial charge on any atom is 0.232 e. The highest BCUT2D eigenvalue weighted by molar-refractivity contribution is 7.92. The van der Waals surface area contributed by atoms with Crippen molar-refractivity contribution in [3.63, 3.8) is 0 Å². The van der Waals surface area contributed by atoms with E-state index < -0.39 is 15.6 Å². The normalized spacial score (nSPS) is 18.1. The van der Waals surface area contributed by atoms with E-state index in [0.717, 1.165) is 17.8 Å². The van der Waals surface area contributed by atoms with E-state index in [9.17, 15) is 8.42 Å². The zero-order chi connectivity index (χ0) is 13.6. The van der Waals surface area contributed by atoms with Crippen molar-refractivity contribution in [1.82, 2.24) is 0 Å². The van der Waals surface area contributed by atoms with Crippen LogP contribution >= 0.6 is 0 Å².